The standard InChI is InChI=1S/C18H18N4O2/c1-21(18(23)16-12-20-22(2)17(16)19)13-8-10-15(11-9-13)24-14-6-4-3-5-7-14/h3-12H,19H2,1-2H3. The van der Waals surface area contributed by atoms with Gasteiger partial charge in [0.15, 0.2) is 0 Å². The van der Waals surface area contributed by atoms with Gasteiger partial charge in [0.2, 0.25) is 0 Å². The van der Waals surface area contributed by atoms with Gasteiger partial charge in [-0.15, -0.1) is 0 Å². The Morgan fingerprint density at radius 1 is 1.08 bits per heavy atom. The molecule has 1 heterocycles. The van der Waals surface area contributed by atoms with Crippen molar-refractivity contribution in [3.63, 3.8) is 0 Å². The number of nitrogens with zero attached hydrogens (tertiary/aromatic N) is 3. The first-order valence-electron chi connectivity index (χ1n) is 7.45. The SMILES string of the molecule is CN(C(=O)c1cnn(C)c1N)c1ccc(Oc2ccccc2)cc1. The minimum absolute atomic E-state index is 0.211. The summed E-state index contributed by atoms with van der Waals surface area (Å²) in [6.07, 6.45) is 1.47. The molecule has 0 saturated heterocycles. The molecule has 1 amide bonds. The van der Waals surface area contributed by atoms with Crippen LogP contribution >= 0.6 is 0 Å². The predicted octanol–water partition coefficient (Wildman–Crippen LogP) is 3.07. The monoisotopic (exact) mass is 322 g/mol. The van der Waals surface area contributed by atoms with Crippen molar-refractivity contribution >= 4 is 17.4 Å². The first kappa shape index (κ1) is 15.6. The summed E-state index contributed by atoms with van der Waals surface area (Å²) in [5, 5.41) is 4.00. The van der Waals surface area contributed by atoms with Crippen molar-refractivity contribution in [1.82, 2.24) is 9.78 Å². The number of amides is 1. The normalized spacial score (nSPS) is 10.4. The Hall–Kier alpha value is -3.28. The van der Waals surface area contributed by atoms with Crippen LogP contribution in [0.1, 0.15) is 10.4 Å². The third kappa shape index (κ3) is 3.08. The van der Waals surface area contributed by atoms with Crippen molar-refractivity contribution in [3.8, 4) is 11.5 Å². The average molecular weight is 322 g/mol. The minimum atomic E-state index is -0.211. The highest BCUT2D eigenvalue weighted by Gasteiger charge is 2.19. The van der Waals surface area contributed by atoms with Crippen molar-refractivity contribution in [3.05, 3.63) is 66.4 Å². The molecule has 1 aromatic heterocycles. The summed E-state index contributed by atoms with van der Waals surface area (Å²) < 4.78 is 7.21. The molecular weight excluding hydrogens is 304 g/mol. The first-order chi connectivity index (χ1) is 11.6. The lowest BCUT2D eigenvalue weighted by Gasteiger charge is -2.17. The molecule has 0 spiro atoms. The molecular formula is C18H18N4O2. The number of nitrogens with two attached hydrogens (primary N) is 1. The van der Waals surface area contributed by atoms with Crippen LogP contribution in [0, 0.1) is 0 Å². The van der Waals surface area contributed by atoms with Gasteiger partial charge in [-0.25, -0.2) is 0 Å². The van der Waals surface area contributed by atoms with E-state index in [4.69, 9.17) is 10.5 Å². The lowest BCUT2D eigenvalue weighted by atomic mass is 10.2. The molecule has 0 aliphatic carbocycles. The van der Waals surface area contributed by atoms with Gasteiger partial charge in [0, 0.05) is 19.8 Å². The van der Waals surface area contributed by atoms with E-state index in [1.54, 1.807) is 14.1 Å². The van der Waals surface area contributed by atoms with E-state index in [1.807, 2.05) is 54.6 Å². The Labute approximate surface area is 140 Å². The molecule has 2 aromatic carbocycles. The van der Waals surface area contributed by atoms with Crippen LogP contribution in [-0.4, -0.2) is 22.7 Å². The van der Waals surface area contributed by atoms with Gasteiger partial charge < -0.3 is 15.4 Å². The topological polar surface area (TPSA) is 73.4 Å². The third-order valence-corrected chi connectivity index (χ3v) is 3.72. The second kappa shape index (κ2) is 6.45. The van der Waals surface area contributed by atoms with E-state index in [2.05, 4.69) is 5.10 Å². The smallest absolute Gasteiger partial charge is 0.263 e. The maximum atomic E-state index is 12.5. The van der Waals surface area contributed by atoms with Crippen LogP contribution in [0.5, 0.6) is 11.5 Å². The summed E-state index contributed by atoms with van der Waals surface area (Å²) >= 11 is 0. The lowest BCUT2D eigenvalue weighted by molar-refractivity contribution is 0.0994. The molecule has 0 fully saturated rings. The fourth-order valence-corrected chi connectivity index (χ4v) is 2.27. The first-order valence-corrected chi connectivity index (χ1v) is 7.45. The van der Waals surface area contributed by atoms with Crippen molar-refractivity contribution in [1.29, 1.82) is 0 Å². The molecule has 3 aromatic rings. The summed E-state index contributed by atoms with van der Waals surface area (Å²) in [5.41, 5.74) is 6.98. The molecule has 0 aliphatic heterocycles. The largest absolute Gasteiger partial charge is 0.457 e. The molecule has 0 bridgehead atoms. The van der Waals surface area contributed by atoms with Crippen molar-refractivity contribution in [2.24, 2.45) is 7.05 Å². The minimum Gasteiger partial charge on any atom is -0.457 e. The second-order valence-electron chi connectivity index (χ2n) is 5.34. The van der Waals surface area contributed by atoms with Crippen LogP contribution in [0.4, 0.5) is 11.5 Å². The second-order valence-corrected chi connectivity index (χ2v) is 5.34. The summed E-state index contributed by atoms with van der Waals surface area (Å²) in [4.78, 5) is 14.0. The Balaban J connectivity index is 1.75. The van der Waals surface area contributed by atoms with Crippen LogP contribution in [0.3, 0.4) is 0 Å². The molecule has 2 N–H and O–H groups in total. The van der Waals surface area contributed by atoms with E-state index in [-0.39, 0.29) is 5.91 Å². The summed E-state index contributed by atoms with van der Waals surface area (Å²) in [5.74, 6) is 1.60. The Kier molecular flexibility index (Phi) is 4.20. The van der Waals surface area contributed by atoms with Crippen LogP contribution < -0.4 is 15.4 Å². The van der Waals surface area contributed by atoms with E-state index in [9.17, 15) is 4.79 Å². The van der Waals surface area contributed by atoms with Crippen molar-refractivity contribution in [2.75, 3.05) is 17.7 Å². The molecule has 122 valence electrons. The van der Waals surface area contributed by atoms with Gasteiger partial charge in [0.25, 0.3) is 5.91 Å². The van der Waals surface area contributed by atoms with E-state index in [0.29, 0.717) is 17.1 Å². The van der Waals surface area contributed by atoms with Crippen LogP contribution in [0.15, 0.2) is 60.8 Å². The Morgan fingerprint density at radius 3 is 2.29 bits per heavy atom. The number of para-hydroxylation sites is 1. The lowest BCUT2D eigenvalue weighted by Crippen LogP contribution is -2.26. The number of aromatic nitrogens is 2. The molecule has 0 aliphatic rings. The number of hydrogen-bond acceptors (Lipinski definition) is 4. The van der Waals surface area contributed by atoms with Gasteiger partial charge in [-0.2, -0.15) is 5.10 Å². The predicted molar refractivity (Wildman–Crippen MR) is 93.3 cm³/mol. The summed E-state index contributed by atoms with van der Waals surface area (Å²) in [6, 6.07) is 16.8. The van der Waals surface area contributed by atoms with Crippen LogP contribution in [-0.2, 0) is 7.05 Å². The number of nitrogen functional groups attached to an aromatic ring is 1. The van der Waals surface area contributed by atoms with Gasteiger partial charge in [-0.05, 0) is 36.4 Å². The molecule has 0 unspecified atom stereocenters. The van der Waals surface area contributed by atoms with Gasteiger partial charge in [0.05, 0.1) is 6.20 Å². The van der Waals surface area contributed by atoms with Crippen molar-refractivity contribution < 1.29 is 9.53 Å². The fourth-order valence-electron chi connectivity index (χ4n) is 2.27. The van der Waals surface area contributed by atoms with Gasteiger partial charge in [0.1, 0.15) is 22.9 Å². The Morgan fingerprint density at radius 2 is 1.71 bits per heavy atom. The average Bonchev–Trinajstić information content (AvgIpc) is 2.94. The molecule has 0 radical (unpaired) electrons. The maximum Gasteiger partial charge on any atom is 0.263 e. The number of benzene rings is 2. The number of anilines is 2. The molecule has 6 nitrogen and oxygen atoms in total. The number of rotatable bonds is 4. The number of hydrogen-bond donors (Lipinski definition) is 1. The molecule has 0 saturated carbocycles. The number of aryl methyl sites for hydroxylation is 1. The van der Waals surface area contributed by atoms with Crippen molar-refractivity contribution in [2.45, 2.75) is 0 Å². The third-order valence-electron chi connectivity index (χ3n) is 3.72. The van der Waals surface area contributed by atoms with Gasteiger partial charge in [-0.3, -0.25) is 9.48 Å². The highest BCUT2D eigenvalue weighted by molar-refractivity contribution is 6.08. The molecule has 24 heavy (non-hydrogen) atoms. The fraction of sp³-hybridized carbons (Fsp3) is 0.111. The highest BCUT2D eigenvalue weighted by Crippen LogP contribution is 2.25. The maximum absolute atomic E-state index is 12.5. The zero-order valence-corrected chi connectivity index (χ0v) is 13.5. The number of carbonyl (C=O) groups is 1. The summed E-state index contributed by atoms with van der Waals surface area (Å²) in [6.45, 7) is 0. The van der Waals surface area contributed by atoms with Crippen LogP contribution in [0.2, 0.25) is 0 Å². The summed E-state index contributed by atoms with van der Waals surface area (Å²) in [7, 11) is 3.39. The van der Waals surface area contributed by atoms with E-state index in [1.165, 1.54) is 15.8 Å². The van der Waals surface area contributed by atoms with Gasteiger partial charge in [-0.1, -0.05) is 18.2 Å². The number of carbonyl (C=O) groups excluding carboxylic acids is 1. The molecule has 6 heteroatoms. The van der Waals surface area contributed by atoms with E-state index in [0.717, 1.165) is 11.4 Å². The zero-order valence-electron chi connectivity index (χ0n) is 13.5. The quantitative estimate of drug-likeness (QED) is 0.801. The van der Waals surface area contributed by atoms with Gasteiger partial charge >= 0.3 is 0 Å². The van der Waals surface area contributed by atoms with Crippen LogP contribution in [0.25, 0.3) is 0 Å². The highest BCUT2D eigenvalue weighted by atomic mass is 16.5. The number of ether oxygens (including phenoxy) is 1. The Bertz CT molecular complexity index is 841. The van der Waals surface area contributed by atoms with E-state index < -0.39 is 0 Å². The molecule has 0 atom stereocenters. The zero-order chi connectivity index (χ0) is 17.1. The molecule has 3 rings (SSSR count). The van der Waals surface area contributed by atoms with E-state index >= 15 is 0 Å².